The molecule has 0 saturated carbocycles. The number of aromatic nitrogens is 2. The van der Waals surface area contributed by atoms with Crippen LogP contribution in [0, 0.1) is 5.92 Å². The first-order valence-corrected chi connectivity index (χ1v) is 18.9. The molecule has 0 radical (unpaired) electrons. The maximum Gasteiger partial charge on any atom is 0.248 e. The minimum absolute atomic E-state index is 0.221. The van der Waals surface area contributed by atoms with Crippen molar-refractivity contribution in [1.82, 2.24) is 9.55 Å². The zero-order valence-corrected chi connectivity index (χ0v) is 29.9. The van der Waals surface area contributed by atoms with Crippen molar-refractivity contribution < 1.29 is 18.5 Å². The number of nitrogens with one attached hydrogen (secondary N) is 1. The first kappa shape index (κ1) is 36.1. The molecule has 1 aliphatic rings. The quantitative estimate of drug-likeness (QED) is 0.0890. The average Bonchev–Trinajstić information content (AvgIpc) is 3.56. The molecule has 8 nitrogen and oxygen atoms in total. The van der Waals surface area contributed by atoms with Crippen LogP contribution in [0.25, 0.3) is 17.2 Å². The number of carbonyl (C=O) groups excluding carboxylic acids is 1. The van der Waals surface area contributed by atoms with Gasteiger partial charge in [0.05, 0.1) is 35.2 Å². The molecule has 5 rings (SSSR count). The Balaban J connectivity index is 1.24. The highest BCUT2D eigenvalue weighted by atomic mass is 32.2. The highest BCUT2D eigenvalue weighted by Gasteiger charge is 2.18. The van der Waals surface area contributed by atoms with E-state index < -0.39 is 10.8 Å². The Morgan fingerprint density at radius 3 is 2.45 bits per heavy atom. The third kappa shape index (κ3) is 10.6. The second-order valence-corrected chi connectivity index (χ2v) is 14.1. The van der Waals surface area contributed by atoms with Gasteiger partial charge in [-0.05, 0) is 103 Å². The smallest absolute Gasteiger partial charge is 0.248 e. The number of rotatable bonds is 17. The van der Waals surface area contributed by atoms with E-state index in [-0.39, 0.29) is 5.91 Å². The molecule has 1 fully saturated rings. The molecule has 3 aromatic carbocycles. The molecule has 1 unspecified atom stereocenters. The highest BCUT2D eigenvalue weighted by molar-refractivity contribution is 7.84. The van der Waals surface area contributed by atoms with Gasteiger partial charge >= 0.3 is 0 Å². The van der Waals surface area contributed by atoms with Crippen molar-refractivity contribution in [3.05, 3.63) is 96.6 Å². The molecular weight excluding hydrogens is 633 g/mol. The van der Waals surface area contributed by atoms with Crippen LogP contribution < -0.4 is 15.0 Å². The summed E-state index contributed by atoms with van der Waals surface area (Å²) >= 11 is 0. The lowest BCUT2D eigenvalue weighted by atomic mass is 9.96. The summed E-state index contributed by atoms with van der Waals surface area (Å²) in [6.07, 6.45) is 12.6. The lowest BCUT2D eigenvalue weighted by Gasteiger charge is -2.33. The van der Waals surface area contributed by atoms with Gasteiger partial charge in [0.15, 0.2) is 0 Å². The van der Waals surface area contributed by atoms with Crippen molar-refractivity contribution in [2.24, 2.45) is 5.92 Å². The standard InChI is InChI=1S/C40H50N4O4S/c1-4-6-24-47-25-26-48-37-13-7-32(8-14-37)33-9-17-39(43-22-19-31(3)20-23-43)34(27-33)10-18-40(45)42-35-11-15-38(16-12-35)49(46)29-36-28-41-30-44(36)21-5-2/h7-18,27-28,30-31H,4-6,19-26,29H2,1-3H3,(H,42,45). The summed E-state index contributed by atoms with van der Waals surface area (Å²) in [6, 6.07) is 21.8. The molecular formula is C40H50N4O4S. The predicted octanol–water partition coefficient (Wildman–Crippen LogP) is 8.35. The van der Waals surface area contributed by atoms with Crippen LogP contribution in [-0.2, 0) is 32.6 Å². The van der Waals surface area contributed by atoms with Crippen LogP contribution in [0.3, 0.4) is 0 Å². The highest BCUT2D eigenvalue weighted by Crippen LogP contribution is 2.32. The number of imidazole rings is 1. The first-order chi connectivity index (χ1) is 23.9. The molecule has 0 spiro atoms. The summed E-state index contributed by atoms with van der Waals surface area (Å²) in [6.45, 7) is 11.3. The number of piperidine rings is 1. The van der Waals surface area contributed by atoms with E-state index in [1.807, 2.05) is 34.9 Å². The molecule has 1 N–H and O–H groups in total. The topological polar surface area (TPSA) is 85.7 Å². The minimum Gasteiger partial charge on any atom is -0.491 e. The number of ether oxygens (including phenoxy) is 2. The fraction of sp³-hybridized carbons (Fsp3) is 0.400. The number of hydrogen-bond acceptors (Lipinski definition) is 6. The van der Waals surface area contributed by atoms with Crippen LogP contribution in [0.4, 0.5) is 11.4 Å². The Bertz CT molecular complexity index is 1680. The maximum atomic E-state index is 13.1. The number of anilines is 2. The van der Waals surface area contributed by atoms with E-state index in [9.17, 15) is 9.00 Å². The van der Waals surface area contributed by atoms with Gasteiger partial charge in [0.25, 0.3) is 0 Å². The number of unbranched alkanes of at least 4 members (excludes halogenated alkanes) is 1. The molecule has 1 aliphatic heterocycles. The number of amides is 1. The van der Waals surface area contributed by atoms with Crippen LogP contribution in [0.2, 0.25) is 0 Å². The number of nitrogens with zero attached hydrogens (tertiary/aromatic N) is 3. The van der Waals surface area contributed by atoms with Crippen molar-refractivity contribution in [3.8, 4) is 16.9 Å². The number of carbonyl (C=O) groups is 1. The number of aryl methyl sites for hydroxylation is 1. The summed E-state index contributed by atoms with van der Waals surface area (Å²) in [5.41, 5.74) is 5.90. The van der Waals surface area contributed by atoms with Crippen LogP contribution >= 0.6 is 0 Å². The largest absolute Gasteiger partial charge is 0.491 e. The van der Waals surface area contributed by atoms with Crippen LogP contribution in [0.1, 0.15) is 64.1 Å². The summed E-state index contributed by atoms with van der Waals surface area (Å²) in [5, 5.41) is 2.96. The van der Waals surface area contributed by atoms with E-state index in [0.717, 1.165) is 98.1 Å². The summed E-state index contributed by atoms with van der Waals surface area (Å²) in [7, 11) is -1.21. The second kappa shape index (κ2) is 18.5. The van der Waals surface area contributed by atoms with Crippen molar-refractivity contribution in [1.29, 1.82) is 0 Å². The molecule has 9 heteroatoms. The van der Waals surface area contributed by atoms with Gasteiger partial charge in [0.2, 0.25) is 5.91 Å². The van der Waals surface area contributed by atoms with Crippen molar-refractivity contribution in [2.45, 2.75) is 70.1 Å². The van der Waals surface area contributed by atoms with Crippen molar-refractivity contribution in [2.75, 3.05) is 43.1 Å². The van der Waals surface area contributed by atoms with Gasteiger partial charge in [0.1, 0.15) is 12.4 Å². The summed E-state index contributed by atoms with van der Waals surface area (Å²) in [5.74, 6) is 1.72. The van der Waals surface area contributed by atoms with E-state index in [2.05, 4.69) is 66.3 Å². The van der Waals surface area contributed by atoms with Crippen LogP contribution in [0.15, 0.2) is 90.2 Å². The van der Waals surface area contributed by atoms with Gasteiger partial charge in [-0.15, -0.1) is 0 Å². The monoisotopic (exact) mass is 682 g/mol. The first-order valence-electron chi connectivity index (χ1n) is 17.6. The van der Waals surface area contributed by atoms with Crippen LogP contribution in [0.5, 0.6) is 5.75 Å². The predicted molar refractivity (Wildman–Crippen MR) is 200 cm³/mol. The zero-order valence-electron chi connectivity index (χ0n) is 29.1. The Labute approximate surface area is 294 Å². The molecule has 4 aromatic rings. The molecule has 1 aromatic heterocycles. The van der Waals surface area contributed by atoms with Crippen molar-refractivity contribution in [3.63, 3.8) is 0 Å². The number of benzene rings is 3. The lowest BCUT2D eigenvalue weighted by molar-refractivity contribution is -0.111. The lowest BCUT2D eigenvalue weighted by Crippen LogP contribution is -2.33. The van der Waals surface area contributed by atoms with Crippen molar-refractivity contribution >= 4 is 34.2 Å². The van der Waals surface area contributed by atoms with E-state index in [0.29, 0.717) is 29.5 Å². The van der Waals surface area contributed by atoms with Gasteiger partial charge in [0, 0.05) is 54.8 Å². The maximum absolute atomic E-state index is 13.1. The SMILES string of the molecule is CCCCOCCOc1ccc(-c2ccc(N3CCC(C)CC3)c(C=CC(=O)Nc3ccc(S(=O)Cc4cncn4CCC)cc3)c2)cc1. The Morgan fingerprint density at radius 1 is 0.959 bits per heavy atom. The van der Waals surface area contributed by atoms with Gasteiger partial charge < -0.3 is 24.3 Å². The third-order valence-corrected chi connectivity index (χ3v) is 10.2. The molecule has 260 valence electrons. The fourth-order valence-electron chi connectivity index (χ4n) is 5.88. The van der Waals surface area contributed by atoms with Gasteiger partial charge in [-0.1, -0.05) is 45.4 Å². The molecule has 1 amide bonds. The third-order valence-electron chi connectivity index (χ3n) is 8.82. The Kier molecular flexibility index (Phi) is 13.6. The van der Waals surface area contributed by atoms with E-state index in [4.69, 9.17) is 9.47 Å². The van der Waals surface area contributed by atoms with Gasteiger partial charge in [-0.3, -0.25) is 9.00 Å². The fourth-order valence-corrected chi connectivity index (χ4v) is 7.00. The average molecular weight is 683 g/mol. The Hall–Kier alpha value is -4.21. The molecule has 1 saturated heterocycles. The van der Waals surface area contributed by atoms with E-state index in [1.54, 1.807) is 30.7 Å². The molecule has 0 bridgehead atoms. The molecule has 2 heterocycles. The Morgan fingerprint density at radius 2 is 1.71 bits per heavy atom. The second-order valence-electron chi connectivity index (χ2n) is 12.7. The van der Waals surface area contributed by atoms with E-state index >= 15 is 0 Å². The normalized spacial score (nSPS) is 14.3. The number of hydrogen-bond donors (Lipinski definition) is 1. The molecule has 49 heavy (non-hydrogen) atoms. The van der Waals surface area contributed by atoms with Crippen LogP contribution in [-0.4, -0.2) is 52.6 Å². The summed E-state index contributed by atoms with van der Waals surface area (Å²) < 4.78 is 26.5. The summed E-state index contributed by atoms with van der Waals surface area (Å²) in [4.78, 5) is 20.4. The van der Waals surface area contributed by atoms with Gasteiger partial charge in [-0.25, -0.2) is 4.98 Å². The minimum atomic E-state index is -1.21. The zero-order chi connectivity index (χ0) is 34.4. The molecule has 1 atom stereocenters. The van der Waals surface area contributed by atoms with E-state index in [1.165, 1.54) is 0 Å². The molecule has 0 aliphatic carbocycles. The van der Waals surface area contributed by atoms with Gasteiger partial charge in [-0.2, -0.15) is 0 Å².